The lowest BCUT2D eigenvalue weighted by Crippen LogP contribution is -2.06. The molecule has 1 aliphatic carbocycles. The number of hydrogen-bond acceptors (Lipinski definition) is 3. The summed E-state index contributed by atoms with van der Waals surface area (Å²) < 4.78 is 1.96. The van der Waals surface area contributed by atoms with Gasteiger partial charge in [0.25, 0.3) is 0 Å². The molecule has 0 spiro atoms. The number of benzene rings is 1. The van der Waals surface area contributed by atoms with Crippen LogP contribution in [-0.2, 0) is 26.4 Å². The summed E-state index contributed by atoms with van der Waals surface area (Å²) in [5.41, 5.74) is 8.66. The van der Waals surface area contributed by atoms with Gasteiger partial charge in [-0.05, 0) is 44.7 Å². The first-order valence-electron chi connectivity index (χ1n) is 8.28. The molecule has 0 aliphatic heterocycles. The number of aromatic nitrogens is 3. The number of rotatable bonds is 3. The van der Waals surface area contributed by atoms with E-state index >= 15 is 0 Å². The van der Waals surface area contributed by atoms with Gasteiger partial charge in [0.1, 0.15) is 0 Å². The summed E-state index contributed by atoms with van der Waals surface area (Å²) in [4.78, 5) is 4.85. The maximum atomic E-state index is 4.85. The molecule has 0 saturated heterocycles. The molecule has 0 fully saturated rings. The highest BCUT2D eigenvalue weighted by Gasteiger charge is 2.20. The van der Waals surface area contributed by atoms with Crippen LogP contribution in [0, 0.1) is 13.8 Å². The van der Waals surface area contributed by atoms with Gasteiger partial charge in [-0.25, -0.2) is 0 Å². The smallest absolute Gasteiger partial charge is 0.0726 e. The molecule has 1 aromatic carbocycles. The number of nitrogens with one attached hydrogen (secondary N) is 1. The van der Waals surface area contributed by atoms with Crippen LogP contribution in [-0.4, -0.2) is 14.8 Å². The molecule has 2 aromatic heterocycles. The Balaban J connectivity index is 1.77. The first kappa shape index (κ1) is 14.2. The largest absolute Gasteiger partial charge is 0.380 e. The van der Waals surface area contributed by atoms with Gasteiger partial charge in [-0.1, -0.05) is 18.2 Å². The van der Waals surface area contributed by atoms with Crippen molar-refractivity contribution in [1.82, 2.24) is 14.8 Å². The Hall–Kier alpha value is -2.36. The van der Waals surface area contributed by atoms with Crippen molar-refractivity contribution in [2.45, 2.75) is 39.7 Å². The van der Waals surface area contributed by atoms with Crippen LogP contribution in [0.15, 0.2) is 24.3 Å². The number of fused-ring (bicyclic) bond motifs is 2. The molecule has 118 valence electrons. The van der Waals surface area contributed by atoms with E-state index in [9.17, 15) is 0 Å². The van der Waals surface area contributed by atoms with Crippen LogP contribution in [0.1, 0.15) is 34.6 Å². The Labute approximate surface area is 136 Å². The number of aryl methyl sites for hydroxylation is 3. The second-order valence-electron chi connectivity index (χ2n) is 6.41. The van der Waals surface area contributed by atoms with E-state index in [0.29, 0.717) is 0 Å². The molecular formula is C19H22N4. The number of para-hydroxylation sites is 1. The summed E-state index contributed by atoms with van der Waals surface area (Å²) >= 11 is 0. The highest BCUT2D eigenvalue weighted by Crippen LogP contribution is 2.34. The lowest BCUT2D eigenvalue weighted by atomic mass is 10.1. The van der Waals surface area contributed by atoms with Crippen LogP contribution < -0.4 is 5.32 Å². The van der Waals surface area contributed by atoms with E-state index in [-0.39, 0.29) is 0 Å². The van der Waals surface area contributed by atoms with Gasteiger partial charge in [-0.15, -0.1) is 0 Å². The minimum Gasteiger partial charge on any atom is -0.380 e. The Kier molecular flexibility index (Phi) is 3.33. The molecule has 4 nitrogen and oxygen atoms in total. The van der Waals surface area contributed by atoms with Gasteiger partial charge in [0.05, 0.1) is 11.2 Å². The summed E-state index contributed by atoms with van der Waals surface area (Å²) in [6, 6.07) is 8.44. The molecule has 0 bridgehead atoms. The van der Waals surface area contributed by atoms with Gasteiger partial charge in [-0.3, -0.25) is 9.67 Å². The zero-order valence-electron chi connectivity index (χ0n) is 14.0. The maximum Gasteiger partial charge on any atom is 0.0726 e. The number of anilines is 1. The van der Waals surface area contributed by atoms with Crippen molar-refractivity contribution in [1.29, 1.82) is 0 Å². The zero-order chi connectivity index (χ0) is 16.0. The molecule has 0 atom stereocenters. The minimum atomic E-state index is 0.811. The Morgan fingerprint density at radius 1 is 1.17 bits per heavy atom. The van der Waals surface area contributed by atoms with Crippen molar-refractivity contribution in [3.63, 3.8) is 0 Å². The first-order valence-corrected chi connectivity index (χ1v) is 8.28. The highest BCUT2D eigenvalue weighted by molar-refractivity contribution is 5.93. The third kappa shape index (κ3) is 2.29. The van der Waals surface area contributed by atoms with Crippen LogP contribution in [0.3, 0.4) is 0 Å². The number of nitrogens with zero attached hydrogens (tertiary/aromatic N) is 3. The Morgan fingerprint density at radius 2 is 2.00 bits per heavy atom. The summed E-state index contributed by atoms with van der Waals surface area (Å²) in [5.74, 6) is 0. The molecular weight excluding hydrogens is 284 g/mol. The van der Waals surface area contributed by atoms with Crippen LogP contribution in [0.2, 0.25) is 0 Å². The topological polar surface area (TPSA) is 42.7 Å². The molecule has 1 N–H and O–H groups in total. The quantitative estimate of drug-likeness (QED) is 0.802. The van der Waals surface area contributed by atoms with E-state index < -0.39 is 0 Å². The molecule has 3 aromatic rings. The van der Waals surface area contributed by atoms with Crippen LogP contribution in [0.4, 0.5) is 5.69 Å². The van der Waals surface area contributed by atoms with E-state index in [1.54, 1.807) is 0 Å². The second-order valence-corrected chi connectivity index (χ2v) is 6.41. The first-order chi connectivity index (χ1) is 11.1. The standard InChI is InChI=1S/C19H22N4/c1-12-16(13(2)23(3)22-12)11-20-19-14-7-4-5-9-17(14)21-18-10-6-8-15(18)19/h4-5,7,9H,6,8,10-11H2,1-3H3,(H,20,21). The van der Waals surface area contributed by atoms with Crippen molar-refractivity contribution in [2.24, 2.45) is 7.05 Å². The predicted octanol–water partition coefficient (Wildman–Crippen LogP) is 3.69. The van der Waals surface area contributed by atoms with Gasteiger partial charge in [0, 0.05) is 41.6 Å². The van der Waals surface area contributed by atoms with Gasteiger partial charge >= 0.3 is 0 Å². The van der Waals surface area contributed by atoms with Crippen molar-refractivity contribution in [3.8, 4) is 0 Å². The Morgan fingerprint density at radius 3 is 2.78 bits per heavy atom. The molecule has 4 heteroatoms. The minimum absolute atomic E-state index is 0.811. The van der Waals surface area contributed by atoms with Gasteiger partial charge < -0.3 is 5.32 Å². The van der Waals surface area contributed by atoms with Gasteiger partial charge in [0.15, 0.2) is 0 Å². The zero-order valence-corrected chi connectivity index (χ0v) is 14.0. The Bertz CT molecular complexity index is 892. The van der Waals surface area contributed by atoms with E-state index in [1.807, 2.05) is 11.7 Å². The molecule has 4 rings (SSSR count). The summed E-state index contributed by atoms with van der Waals surface area (Å²) in [5, 5.41) is 9.46. The molecule has 1 aliphatic rings. The second kappa shape index (κ2) is 5.37. The third-order valence-corrected chi connectivity index (χ3v) is 5.02. The van der Waals surface area contributed by atoms with E-state index in [0.717, 1.165) is 30.6 Å². The van der Waals surface area contributed by atoms with E-state index in [4.69, 9.17) is 4.98 Å². The van der Waals surface area contributed by atoms with Gasteiger partial charge in [-0.2, -0.15) is 5.10 Å². The molecule has 0 unspecified atom stereocenters. The molecule has 0 saturated carbocycles. The summed E-state index contributed by atoms with van der Waals surface area (Å²) in [6.07, 6.45) is 3.43. The fourth-order valence-electron chi connectivity index (χ4n) is 3.66. The molecule has 0 amide bonds. The average Bonchev–Trinajstić information content (AvgIpc) is 3.10. The van der Waals surface area contributed by atoms with Crippen molar-refractivity contribution in [3.05, 3.63) is 52.5 Å². The fraction of sp³-hybridized carbons (Fsp3) is 0.368. The lowest BCUT2D eigenvalue weighted by molar-refractivity contribution is 0.730. The fourth-order valence-corrected chi connectivity index (χ4v) is 3.66. The van der Waals surface area contributed by atoms with Crippen LogP contribution in [0.25, 0.3) is 10.9 Å². The lowest BCUT2D eigenvalue weighted by Gasteiger charge is -2.15. The van der Waals surface area contributed by atoms with Crippen molar-refractivity contribution in [2.75, 3.05) is 5.32 Å². The number of pyridine rings is 1. The normalized spacial score (nSPS) is 13.5. The van der Waals surface area contributed by atoms with E-state index in [1.165, 1.54) is 40.0 Å². The average molecular weight is 306 g/mol. The van der Waals surface area contributed by atoms with E-state index in [2.05, 4.69) is 48.5 Å². The summed E-state index contributed by atoms with van der Waals surface area (Å²) in [6.45, 7) is 5.02. The van der Waals surface area contributed by atoms with Crippen LogP contribution >= 0.6 is 0 Å². The number of hydrogen-bond donors (Lipinski definition) is 1. The van der Waals surface area contributed by atoms with Crippen molar-refractivity contribution >= 4 is 16.6 Å². The SMILES string of the molecule is Cc1nn(C)c(C)c1CNc1c2c(nc3ccccc13)CCC2. The molecule has 2 heterocycles. The highest BCUT2D eigenvalue weighted by atomic mass is 15.3. The maximum absolute atomic E-state index is 4.85. The van der Waals surface area contributed by atoms with Crippen LogP contribution in [0.5, 0.6) is 0 Å². The summed E-state index contributed by atoms with van der Waals surface area (Å²) in [7, 11) is 2.01. The van der Waals surface area contributed by atoms with Gasteiger partial charge in [0.2, 0.25) is 0 Å². The monoisotopic (exact) mass is 306 g/mol. The third-order valence-electron chi connectivity index (χ3n) is 5.02. The molecule has 23 heavy (non-hydrogen) atoms. The predicted molar refractivity (Wildman–Crippen MR) is 93.8 cm³/mol. The van der Waals surface area contributed by atoms with Crippen molar-refractivity contribution < 1.29 is 0 Å². The molecule has 0 radical (unpaired) electrons.